The first-order valence-electron chi connectivity index (χ1n) is 5.77. The molecule has 1 heterocycles. The van der Waals surface area contributed by atoms with Crippen molar-refractivity contribution in [3.8, 4) is 0 Å². The quantitative estimate of drug-likeness (QED) is 0.808. The van der Waals surface area contributed by atoms with Crippen molar-refractivity contribution in [3.63, 3.8) is 0 Å². The molecule has 1 saturated heterocycles. The van der Waals surface area contributed by atoms with Gasteiger partial charge in [0.1, 0.15) is 0 Å². The SMILES string of the molecule is CN(CCC(F)(F)F)CC1(C)CCNCC1. The van der Waals surface area contributed by atoms with Crippen LogP contribution in [-0.4, -0.2) is 44.3 Å². The van der Waals surface area contributed by atoms with Crippen LogP contribution in [0.2, 0.25) is 0 Å². The Morgan fingerprint density at radius 3 is 2.31 bits per heavy atom. The van der Waals surface area contributed by atoms with E-state index in [2.05, 4.69) is 12.2 Å². The Hall–Kier alpha value is -0.290. The molecule has 1 rings (SSSR count). The Morgan fingerprint density at radius 2 is 1.81 bits per heavy atom. The highest BCUT2D eigenvalue weighted by molar-refractivity contribution is 4.83. The lowest BCUT2D eigenvalue weighted by molar-refractivity contribution is -0.138. The summed E-state index contributed by atoms with van der Waals surface area (Å²) in [5.41, 5.74) is 0.172. The molecule has 0 aromatic heterocycles. The van der Waals surface area contributed by atoms with Gasteiger partial charge in [-0.2, -0.15) is 13.2 Å². The lowest BCUT2D eigenvalue weighted by atomic mass is 9.80. The number of hydrogen-bond acceptors (Lipinski definition) is 2. The van der Waals surface area contributed by atoms with Gasteiger partial charge in [-0.05, 0) is 38.4 Å². The number of piperidine rings is 1. The van der Waals surface area contributed by atoms with Gasteiger partial charge in [0, 0.05) is 13.1 Å². The average Bonchev–Trinajstić information content (AvgIpc) is 2.14. The number of nitrogens with zero attached hydrogens (tertiary/aromatic N) is 1. The van der Waals surface area contributed by atoms with E-state index < -0.39 is 12.6 Å². The van der Waals surface area contributed by atoms with Crippen LogP contribution >= 0.6 is 0 Å². The standard InChI is InChI=1S/C11H21F3N2/c1-10(3-6-15-7-4-10)9-16(2)8-5-11(12,13)14/h15H,3-9H2,1-2H3. The minimum atomic E-state index is -4.04. The number of rotatable bonds is 4. The molecule has 96 valence electrons. The molecule has 0 bridgehead atoms. The third-order valence-corrected chi connectivity index (χ3v) is 3.24. The van der Waals surface area contributed by atoms with E-state index in [1.54, 1.807) is 11.9 Å². The highest BCUT2D eigenvalue weighted by Gasteiger charge is 2.30. The maximum Gasteiger partial charge on any atom is 0.390 e. The molecule has 0 spiro atoms. The minimum Gasteiger partial charge on any atom is -0.317 e. The molecule has 0 atom stereocenters. The molecule has 16 heavy (non-hydrogen) atoms. The van der Waals surface area contributed by atoms with Gasteiger partial charge in [0.05, 0.1) is 6.42 Å². The number of nitrogens with one attached hydrogen (secondary N) is 1. The molecule has 0 unspecified atom stereocenters. The van der Waals surface area contributed by atoms with Crippen LogP contribution in [0.15, 0.2) is 0 Å². The average molecular weight is 238 g/mol. The summed E-state index contributed by atoms with van der Waals surface area (Å²) in [7, 11) is 1.78. The molecule has 0 aromatic carbocycles. The van der Waals surface area contributed by atoms with E-state index in [1.165, 1.54) is 0 Å². The summed E-state index contributed by atoms with van der Waals surface area (Å²) >= 11 is 0. The van der Waals surface area contributed by atoms with Crippen molar-refractivity contribution < 1.29 is 13.2 Å². The zero-order valence-corrected chi connectivity index (χ0v) is 10.0. The largest absolute Gasteiger partial charge is 0.390 e. The van der Waals surface area contributed by atoms with Crippen LogP contribution in [0.3, 0.4) is 0 Å². The lowest BCUT2D eigenvalue weighted by Gasteiger charge is -2.37. The second-order valence-electron chi connectivity index (χ2n) is 5.16. The lowest BCUT2D eigenvalue weighted by Crippen LogP contribution is -2.42. The first-order chi connectivity index (χ1) is 7.31. The maximum atomic E-state index is 12.1. The molecule has 1 aliphatic rings. The fourth-order valence-corrected chi connectivity index (χ4v) is 2.24. The van der Waals surface area contributed by atoms with Gasteiger partial charge in [0.2, 0.25) is 0 Å². The van der Waals surface area contributed by atoms with Crippen LogP contribution in [0.5, 0.6) is 0 Å². The zero-order valence-electron chi connectivity index (χ0n) is 10.0. The van der Waals surface area contributed by atoms with E-state index in [0.29, 0.717) is 0 Å². The van der Waals surface area contributed by atoms with Crippen molar-refractivity contribution >= 4 is 0 Å². The zero-order chi connectivity index (χ0) is 12.2. The van der Waals surface area contributed by atoms with Crippen LogP contribution in [0.25, 0.3) is 0 Å². The molecule has 0 radical (unpaired) electrons. The summed E-state index contributed by atoms with van der Waals surface area (Å²) in [6, 6.07) is 0. The van der Waals surface area contributed by atoms with Crippen LogP contribution in [-0.2, 0) is 0 Å². The van der Waals surface area contributed by atoms with Gasteiger partial charge < -0.3 is 10.2 Å². The summed E-state index contributed by atoms with van der Waals surface area (Å²) in [5.74, 6) is 0. The molecule has 5 heteroatoms. The monoisotopic (exact) mass is 238 g/mol. The van der Waals surface area contributed by atoms with Gasteiger partial charge >= 0.3 is 6.18 Å². The predicted octanol–water partition coefficient (Wildman–Crippen LogP) is 2.26. The molecule has 0 amide bonds. The van der Waals surface area contributed by atoms with Gasteiger partial charge in [0.25, 0.3) is 0 Å². The summed E-state index contributed by atoms with van der Waals surface area (Å²) in [5, 5.41) is 3.27. The number of halogens is 3. The van der Waals surface area contributed by atoms with E-state index in [-0.39, 0.29) is 12.0 Å². The van der Waals surface area contributed by atoms with Gasteiger partial charge in [0.15, 0.2) is 0 Å². The summed E-state index contributed by atoms with van der Waals surface area (Å²) in [6.07, 6.45) is -2.66. The Kier molecular flexibility index (Phi) is 4.62. The topological polar surface area (TPSA) is 15.3 Å². The van der Waals surface area contributed by atoms with Crippen molar-refractivity contribution in [2.45, 2.75) is 32.4 Å². The fraction of sp³-hybridized carbons (Fsp3) is 1.00. The van der Waals surface area contributed by atoms with Crippen molar-refractivity contribution in [3.05, 3.63) is 0 Å². The molecule has 1 fully saturated rings. The molecule has 0 saturated carbocycles. The highest BCUT2D eigenvalue weighted by Crippen LogP contribution is 2.29. The predicted molar refractivity (Wildman–Crippen MR) is 58.4 cm³/mol. The molecule has 0 aliphatic carbocycles. The Bertz CT molecular complexity index is 210. The second kappa shape index (κ2) is 5.36. The van der Waals surface area contributed by atoms with E-state index in [9.17, 15) is 13.2 Å². The fourth-order valence-electron chi connectivity index (χ4n) is 2.24. The van der Waals surface area contributed by atoms with E-state index in [0.717, 1.165) is 32.5 Å². The van der Waals surface area contributed by atoms with Crippen LogP contribution in [0, 0.1) is 5.41 Å². The van der Waals surface area contributed by atoms with Gasteiger partial charge in [-0.3, -0.25) is 0 Å². The molecular weight excluding hydrogens is 217 g/mol. The molecule has 1 aliphatic heterocycles. The van der Waals surface area contributed by atoms with Crippen LogP contribution in [0.4, 0.5) is 13.2 Å². The van der Waals surface area contributed by atoms with Crippen molar-refractivity contribution in [2.24, 2.45) is 5.41 Å². The summed E-state index contributed by atoms with van der Waals surface area (Å²) < 4.78 is 36.2. The van der Waals surface area contributed by atoms with E-state index in [4.69, 9.17) is 0 Å². The van der Waals surface area contributed by atoms with Crippen LogP contribution in [0.1, 0.15) is 26.2 Å². The van der Waals surface area contributed by atoms with Gasteiger partial charge in [-0.25, -0.2) is 0 Å². The van der Waals surface area contributed by atoms with E-state index >= 15 is 0 Å². The Morgan fingerprint density at radius 1 is 1.25 bits per heavy atom. The molecule has 1 N–H and O–H groups in total. The van der Waals surface area contributed by atoms with E-state index in [1.807, 2.05) is 0 Å². The van der Waals surface area contributed by atoms with Crippen molar-refractivity contribution in [2.75, 3.05) is 33.2 Å². The van der Waals surface area contributed by atoms with Gasteiger partial charge in [-0.1, -0.05) is 6.92 Å². The van der Waals surface area contributed by atoms with Gasteiger partial charge in [-0.15, -0.1) is 0 Å². The third kappa shape index (κ3) is 5.16. The molecular formula is C11H21F3N2. The summed E-state index contributed by atoms with van der Waals surface area (Å²) in [4.78, 5) is 1.80. The number of hydrogen-bond donors (Lipinski definition) is 1. The Labute approximate surface area is 95.2 Å². The minimum absolute atomic E-state index is 0.104. The highest BCUT2D eigenvalue weighted by atomic mass is 19.4. The normalized spacial score (nSPS) is 21.4. The van der Waals surface area contributed by atoms with Crippen molar-refractivity contribution in [1.29, 1.82) is 0 Å². The first kappa shape index (κ1) is 13.8. The maximum absolute atomic E-state index is 12.1. The first-order valence-corrected chi connectivity index (χ1v) is 5.77. The Balaban J connectivity index is 2.29. The number of alkyl halides is 3. The third-order valence-electron chi connectivity index (χ3n) is 3.24. The summed E-state index contributed by atoms with van der Waals surface area (Å²) in [6.45, 7) is 4.97. The van der Waals surface area contributed by atoms with Crippen LogP contribution < -0.4 is 5.32 Å². The molecule has 2 nitrogen and oxygen atoms in total. The smallest absolute Gasteiger partial charge is 0.317 e. The molecule has 0 aromatic rings. The van der Waals surface area contributed by atoms with Crippen molar-refractivity contribution in [1.82, 2.24) is 10.2 Å². The second-order valence-corrected chi connectivity index (χ2v) is 5.16.